The van der Waals surface area contributed by atoms with Gasteiger partial charge in [0.1, 0.15) is 0 Å². The summed E-state index contributed by atoms with van der Waals surface area (Å²) in [4.78, 5) is 10.4. The van der Waals surface area contributed by atoms with E-state index in [1.54, 1.807) is 6.08 Å². The van der Waals surface area contributed by atoms with E-state index in [4.69, 9.17) is 11.6 Å². The van der Waals surface area contributed by atoms with Gasteiger partial charge < -0.3 is 0 Å². The van der Waals surface area contributed by atoms with Gasteiger partial charge in [0.25, 0.3) is 0 Å². The van der Waals surface area contributed by atoms with Crippen LogP contribution in [0.15, 0.2) is 30.3 Å². The first kappa shape index (κ1) is 10.0. The average Bonchev–Trinajstić information content (AvgIpc) is 2.15. The first-order valence-corrected chi connectivity index (χ1v) is 4.56. The van der Waals surface area contributed by atoms with E-state index in [1.165, 1.54) is 11.6 Å². The number of carbonyl (C=O) groups excluding carboxylic acids is 1. The third kappa shape index (κ3) is 3.43. The van der Waals surface area contributed by atoms with E-state index in [0.29, 0.717) is 0 Å². The fourth-order valence-electron chi connectivity index (χ4n) is 1.03. The van der Waals surface area contributed by atoms with Crippen LogP contribution in [0.4, 0.5) is 0 Å². The lowest BCUT2D eigenvalue weighted by molar-refractivity contribution is -0.107. The molecule has 1 nitrogen and oxygen atoms in total. The normalized spacial score (nSPS) is 10.6. The molecule has 1 aromatic rings. The van der Waals surface area contributed by atoms with Crippen molar-refractivity contribution in [2.45, 2.75) is 13.3 Å². The van der Waals surface area contributed by atoms with E-state index in [2.05, 4.69) is 6.92 Å². The van der Waals surface area contributed by atoms with Gasteiger partial charge in [0.05, 0.1) is 0 Å². The topological polar surface area (TPSA) is 17.1 Å². The van der Waals surface area contributed by atoms with Crippen LogP contribution in [0.3, 0.4) is 0 Å². The first-order valence-electron chi connectivity index (χ1n) is 4.19. The van der Waals surface area contributed by atoms with E-state index in [9.17, 15) is 4.79 Å². The molecular weight excluding hydrogens is 184 g/mol. The van der Waals surface area contributed by atoms with Crippen LogP contribution in [0, 0.1) is 0 Å². The van der Waals surface area contributed by atoms with Crippen LogP contribution in [0.2, 0.25) is 0 Å². The monoisotopic (exact) mass is 194 g/mol. The van der Waals surface area contributed by atoms with Crippen molar-refractivity contribution < 1.29 is 4.79 Å². The summed E-state index contributed by atoms with van der Waals surface area (Å²) in [6.45, 7) is 2.10. The van der Waals surface area contributed by atoms with Crippen molar-refractivity contribution in [1.29, 1.82) is 0 Å². The second-order valence-electron chi connectivity index (χ2n) is 2.73. The minimum atomic E-state index is -0.445. The Morgan fingerprint density at radius 1 is 1.38 bits per heavy atom. The molecular formula is C11H11ClO. The summed E-state index contributed by atoms with van der Waals surface area (Å²) in [6.07, 6.45) is 4.08. The van der Waals surface area contributed by atoms with Gasteiger partial charge in [0.2, 0.25) is 5.24 Å². The Labute approximate surface area is 83.0 Å². The predicted octanol–water partition coefficient (Wildman–Crippen LogP) is 3.03. The van der Waals surface area contributed by atoms with E-state index in [0.717, 1.165) is 12.0 Å². The van der Waals surface area contributed by atoms with Gasteiger partial charge in [-0.15, -0.1) is 0 Å². The summed E-state index contributed by atoms with van der Waals surface area (Å²) in [5.41, 5.74) is 2.28. The van der Waals surface area contributed by atoms with Crippen LogP contribution in [0.1, 0.15) is 18.1 Å². The first-order chi connectivity index (χ1) is 6.22. The van der Waals surface area contributed by atoms with Crippen LogP contribution >= 0.6 is 11.6 Å². The van der Waals surface area contributed by atoms with Crippen molar-refractivity contribution in [3.05, 3.63) is 41.5 Å². The Balaban J connectivity index is 2.75. The highest BCUT2D eigenvalue weighted by atomic mass is 35.5. The van der Waals surface area contributed by atoms with Gasteiger partial charge in [-0.25, -0.2) is 0 Å². The minimum Gasteiger partial charge on any atom is -0.276 e. The summed E-state index contributed by atoms with van der Waals surface area (Å²) >= 11 is 5.16. The second-order valence-corrected chi connectivity index (χ2v) is 3.11. The molecule has 0 aliphatic rings. The average molecular weight is 195 g/mol. The molecule has 0 aliphatic carbocycles. The molecule has 13 heavy (non-hydrogen) atoms. The van der Waals surface area contributed by atoms with E-state index in [1.807, 2.05) is 24.3 Å². The molecule has 0 aliphatic heterocycles. The Kier molecular flexibility index (Phi) is 3.71. The lowest BCUT2D eigenvalue weighted by Gasteiger charge is -1.96. The lowest BCUT2D eigenvalue weighted by Crippen LogP contribution is -1.80. The third-order valence-corrected chi connectivity index (χ3v) is 1.92. The number of benzene rings is 1. The largest absolute Gasteiger partial charge is 0.276 e. The molecule has 0 atom stereocenters. The molecule has 0 saturated carbocycles. The summed E-state index contributed by atoms with van der Waals surface area (Å²) in [6, 6.07) is 8.01. The number of rotatable bonds is 3. The molecule has 1 aromatic carbocycles. The standard InChI is InChI=1S/C11H11ClO/c1-2-9-3-5-10(6-4-9)7-8-11(12)13/h3-8H,2H2,1H3. The zero-order valence-electron chi connectivity index (χ0n) is 7.46. The molecule has 68 valence electrons. The Bertz CT molecular complexity index is 311. The van der Waals surface area contributed by atoms with Crippen LogP contribution in [0.5, 0.6) is 0 Å². The number of carbonyl (C=O) groups is 1. The molecule has 1 rings (SSSR count). The number of hydrogen-bond acceptors (Lipinski definition) is 1. The van der Waals surface area contributed by atoms with E-state index >= 15 is 0 Å². The molecule has 0 radical (unpaired) electrons. The van der Waals surface area contributed by atoms with Gasteiger partial charge in [-0.3, -0.25) is 4.79 Å². The Morgan fingerprint density at radius 2 is 2.00 bits per heavy atom. The summed E-state index contributed by atoms with van der Waals surface area (Å²) in [5.74, 6) is 0. The van der Waals surface area contributed by atoms with Gasteiger partial charge in [-0.2, -0.15) is 0 Å². The molecule has 0 aromatic heterocycles. The van der Waals surface area contributed by atoms with Crippen molar-refractivity contribution in [3.8, 4) is 0 Å². The van der Waals surface area contributed by atoms with Gasteiger partial charge in [-0.05, 0) is 35.2 Å². The molecule has 0 fully saturated rings. The molecule has 0 saturated heterocycles. The quantitative estimate of drug-likeness (QED) is 0.534. The zero-order valence-corrected chi connectivity index (χ0v) is 8.21. The highest BCUT2D eigenvalue weighted by molar-refractivity contribution is 6.66. The van der Waals surface area contributed by atoms with Crippen LogP contribution in [-0.4, -0.2) is 5.24 Å². The maximum atomic E-state index is 10.4. The van der Waals surface area contributed by atoms with Gasteiger partial charge in [0, 0.05) is 0 Å². The number of aryl methyl sites for hydroxylation is 1. The molecule has 0 heterocycles. The maximum Gasteiger partial charge on any atom is 0.245 e. The lowest BCUT2D eigenvalue weighted by atomic mass is 10.1. The molecule has 2 heteroatoms. The Hall–Kier alpha value is -1.08. The second kappa shape index (κ2) is 4.83. The van der Waals surface area contributed by atoms with Crippen molar-refractivity contribution >= 4 is 22.9 Å². The SMILES string of the molecule is CCc1ccc(C=CC(=O)Cl)cc1. The van der Waals surface area contributed by atoms with Gasteiger partial charge >= 0.3 is 0 Å². The zero-order chi connectivity index (χ0) is 9.68. The predicted molar refractivity (Wildman–Crippen MR) is 55.7 cm³/mol. The number of hydrogen-bond donors (Lipinski definition) is 0. The maximum absolute atomic E-state index is 10.4. The van der Waals surface area contributed by atoms with E-state index in [-0.39, 0.29) is 0 Å². The van der Waals surface area contributed by atoms with Crippen molar-refractivity contribution in [3.63, 3.8) is 0 Å². The van der Waals surface area contributed by atoms with Crippen LogP contribution in [0.25, 0.3) is 6.08 Å². The van der Waals surface area contributed by atoms with Crippen LogP contribution in [-0.2, 0) is 11.2 Å². The molecule has 0 N–H and O–H groups in total. The molecule has 0 bridgehead atoms. The summed E-state index contributed by atoms with van der Waals surface area (Å²) < 4.78 is 0. The molecule has 0 amide bonds. The van der Waals surface area contributed by atoms with Gasteiger partial charge in [0.15, 0.2) is 0 Å². The third-order valence-electron chi connectivity index (χ3n) is 1.79. The summed E-state index contributed by atoms with van der Waals surface area (Å²) in [7, 11) is 0. The van der Waals surface area contributed by atoms with Crippen LogP contribution < -0.4 is 0 Å². The van der Waals surface area contributed by atoms with Gasteiger partial charge in [-0.1, -0.05) is 37.3 Å². The number of halogens is 1. The fourth-order valence-corrected chi connectivity index (χ4v) is 1.09. The smallest absolute Gasteiger partial charge is 0.245 e. The van der Waals surface area contributed by atoms with Crippen molar-refractivity contribution in [2.24, 2.45) is 0 Å². The van der Waals surface area contributed by atoms with Crippen molar-refractivity contribution in [2.75, 3.05) is 0 Å². The summed E-state index contributed by atoms with van der Waals surface area (Å²) in [5, 5.41) is -0.445. The molecule has 0 spiro atoms. The van der Waals surface area contributed by atoms with Crippen molar-refractivity contribution in [1.82, 2.24) is 0 Å². The van der Waals surface area contributed by atoms with E-state index < -0.39 is 5.24 Å². The Morgan fingerprint density at radius 3 is 2.46 bits per heavy atom. The fraction of sp³-hybridized carbons (Fsp3) is 0.182. The number of allylic oxidation sites excluding steroid dienone is 1. The molecule has 0 unspecified atom stereocenters. The highest BCUT2D eigenvalue weighted by Crippen LogP contribution is 2.06. The minimum absolute atomic E-state index is 0.445. The highest BCUT2D eigenvalue weighted by Gasteiger charge is 1.90.